The zero-order valence-corrected chi connectivity index (χ0v) is 10.4. The molecule has 17 heavy (non-hydrogen) atoms. The Morgan fingerprint density at radius 3 is 2.65 bits per heavy atom. The molecule has 5 nitrogen and oxygen atoms in total. The van der Waals surface area contributed by atoms with Gasteiger partial charge in [-0.15, -0.1) is 16.7 Å². The van der Waals surface area contributed by atoms with Crippen molar-refractivity contribution in [1.82, 2.24) is 20.2 Å². The van der Waals surface area contributed by atoms with Crippen molar-refractivity contribution in [2.75, 3.05) is 7.11 Å². The summed E-state index contributed by atoms with van der Waals surface area (Å²) in [6.45, 7) is 2.45. The van der Waals surface area contributed by atoms with Crippen LogP contribution in [0.4, 0.5) is 0 Å². The SMILES string of the molecule is COc1ccc(Cn2nnnc2C(C)Cl)cc1. The van der Waals surface area contributed by atoms with E-state index in [1.54, 1.807) is 11.8 Å². The molecule has 2 aromatic rings. The number of hydrogen-bond donors (Lipinski definition) is 0. The van der Waals surface area contributed by atoms with E-state index in [9.17, 15) is 0 Å². The second kappa shape index (κ2) is 5.14. The Balaban J connectivity index is 2.16. The second-order valence-electron chi connectivity index (χ2n) is 3.66. The summed E-state index contributed by atoms with van der Waals surface area (Å²) in [5, 5.41) is 11.2. The molecule has 0 aliphatic heterocycles. The summed E-state index contributed by atoms with van der Waals surface area (Å²) in [4.78, 5) is 0. The number of nitrogens with zero attached hydrogens (tertiary/aromatic N) is 4. The van der Waals surface area contributed by atoms with E-state index >= 15 is 0 Å². The molecule has 2 rings (SSSR count). The topological polar surface area (TPSA) is 52.8 Å². The molecule has 0 spiro atoms. The minimum atomic E-state index is -0.205. The van der Waals surface area contributed by atoms with Gasteiger partial charge in [-0.25, -0.2) is 4.68 Å². The molecular formula is C11H13ClN4O. The fourth-order valence-corrected chi connectivity index (χ4v) is 1.67. The molecule has 1 heterocycles. The molecule has 0 bridgehead atoms. The molecule has 1 aromatic carbocycles. The minimum absolute atomic E-state index is 0.205. The monoisotopic (exact) mass is 252 g/mol. The number of hydrogen-bond acceptors (Lipinski definition) is 4. The van der Waals surface area contributed by atoms with Gasteiger partial charge in [0.2, 0.25) is 0 Å². The van der Waals surface area contributed by atoms with E-state index in [4.69, 9.17) is 16.3 Å². The molecule has 1 unspecified atom stereocenters. The number of ether oxygens (including phenoxy) is 1. The molecule has 0 aliphatic rings. The van der Waals surface area contributed by atoms with Crippen molar-refractivity contribution in [3.63, 3.8) is 0 Å². The van der Waals surface area contributed by atoms with Crippen molar-refractivity contribution in [2.45, 2.75) is 18.8 Å². The Labute approximate surface area is 104 Å². The Morgan fingerprint density at radius 1 is 1.35 bits per heavy atom. The van der Waals surface area contributed by atoms with E-state index in [2.05, 4.69) is 15.5 Å². The van der Waals surface area contributed by atoms with E-state index in [-0.39, 0.29) is 5.38 Å². The van der Waals surface area contributed by atoms with E-state index in [0.29, 0.717) is 12.4 Å². The van der Waals surface area contributed by atoms with Crippen LogP contribution in [0, 0.1) is 0 Å². The van der Waals surface area contributed by atoms with Crippen LogP contribution in [0.5, 0.6) is 5.75 Å². The molecule has 0 amide bonds. The van der Waals surface area contributed by atoms with Crippen molar-refractivity contribution in [1.29, 1.82) is 0 Å². The van der Waals surface area contributed by atoms with Gasteiger partial charge in [0, 0.05) is 0 Å². The maximum absolute atomic E-state index is 5.98. The van der Waals surface area contributed by atoms with Crippen LogP contribution in [0.2, 0.25) is 0 Å². The molecule has 6 heteroatoms. The quantitative estimate of drug-likeness (QED) is 0.782. The number of rotatable bonds is 4. The van der Waals surface area contributed by atoms with Crippen molar-refractivity contribution >= 4 is 11.6 Å². The highest BCUT2D eigenvalue weighted by molar-refractivity contribution is 6.20. The normalized spacial score (nSPS) is 12.4. The lowest BCUT2D eigenvalue weighted by Gasteiger charge is -2.06. The summed E-state index contributed by atoms with van der Waals surface area (Å²) in [7, 11) is 1.64. The van der Waals surface area contributed by atoms with Gasteiger partial charge < -0.3 is 4.74 Å². The number of tetrazole rings is 1. The third-order valence-corrected chi connectivity index (χ3v) is 2.60. The number of benzene rings is 1. The van der Waals surface area contributed by atoms with Gasteiger partial charge in [-0.1, -0.05) is 12.1 Å². The molecule has 0 N–H and O–H groups in total. The van der Waals surface area contributed by atoms with Crippen LogP contribution in [0.25, 0.3) is 0 Å². The molecule has 90 valence electrons. The van der Waals surface area contributed by atoms with Crippen molar-refractivity contribution < 1.29 is 4.74 Å². The molecular weight excluding hydrogens is 240 g/mol. The van der Waals surface area contributed by atoms with Crippen LogP contribution in [0.3, 0.4) is 0 Å². The van der Waals surface area contributed by atoms with Gasteiger partial charge in [0.05, 0.1) is 19.0 Å². The molecule has 0 aliphatic carbocycles. The lowest BCUT2D eigenvalue weighted by atomic mass is 10.2. The summed E-state index contributed by atoms with van der Waals surface area (Å²) in [6, 6.07) is 7.76. The van der Waals surface area contributed by atoms with Crippen LogP contribution in [0.1, 0.15) is 23.7 Å². The van der Waals surface area contributed by atoms with Crippen LogP contribution in [0.15, 0.2) is 24.3 Å². The van der Waals surface area contributed by atoms with E-state index in [0.717, 1.165) is 11.3 Å². The predicted octanol–water partition coefficient (Wildman–Crippen LogP) is 2.03. The lowest BCUT2D eigenvalue weighted by molar-refractivity contribution is 0.414. The van der Waals surface area contributed by atoms with Crippen LogP contribution in [-0.4, -0.2) is 27.3 Å². The van der Waals surface area contributed by atoms with Gasteiger partial charge in [-0.05, 0) is 35.0 Å². The van der Waals surface area contributed by atoms with Crippen molar-refractivity contribution in [3.8, 4) is 5.75 Å². The third-order valence-electron chi connectivity index (χ3n) is 2.41. The molecule has 0 fully saturated rings. The van der Waals surface area contributed by atoms with E-state index in [1.807, 2.05) is 31.2 Å². The molecule has 0 saturated heterocycles. The standard InChI is InChI=1S/C11H13ClN4O/c1-8(12)11-13-14-15-16(11)7-9-3-5-10(17-2)6-4-9/h3-6,8H,7H2,1-2H3. The zero-order chi connectivity index (χ0) is 12.3. The Hall–Kier alpha value is -1.62. The minimum Gasteiger partial charge on any atom is -0.497 e. The molecule has 0 saturated carbocycles. The highest BCUT2D eigenvalue weighted by atomic mass is 35.5. The Bertz CT molecular complexity index is 480. The fraction of sp³-hybridized carbons (Fsp3) is 0.364. The first-order valence-electron chi connectivity index (χ1n) is 5.23. The first kappa shape index (κ1) is 11.9. The zero-order valence-electron chi connectivity index (χ0n) is 9.67. The van der Waals surface area contributed by atoms with Gasteiger partial charge in [0.25, 0.3) is 0 Å². The summed E-state index contributed by atoms with van der Waals surface area (Å²) < 4.78 is 6.79. The summed E-state index contributed by atoms with van der Waals surface area (Å²) in [5.74, 6) is 1.50. The highest BCUT2D eigenvalue weighted by Crippen LogP contribution is 2.17. The first-order chi connectivity index (χ1) is 8.20. The van der Waals surface area contributed by atoms with Crippen molar-refractivity contribution in [3.05, 3.63) is 35.7 Å². The van der Waals surface area contributed by atoms with Crippen molar-refractivity contribution in [2.24, 2.45) is 0 Å². The van der Waals surface area contributed by atoms with Gasteiger partial charge >= 0.3 is 0 Å². The van der Waals surface area contributed by atoms with Gasteiger partial charge in [0.15, 0.2) is 5.82 Å². The van der Waals surface area contributed by atoms with Gasteiger partial charge in [-0.3, -0.25) is 0 Å². The summed E-state index contributed by atoms with van der Waals surface area (Å²) in [6.07, 6.45) is 0. The van der Waals surface area contributed by atoms with E-state index < -0.39 is 0 Å². The second-order valence-corrected chi connectivity index (χ2v) is 4.31. The fourth-order valence-electron chi connectivity index (χ4n) is 1.51. The summed E-state index contributed by atoms with van der Waals surface area (Å²) in [5.41, 5.74) is 1.09. The average Bonchev–Trinajstić information content (AvgIpc) is 2.78. The lowest BCUT2D eigenvalue weighted by Crippen LogP contribution is -2.07. The number of alkyl halides is 1. The third kappa shape index (κ3) is 2.74. The average molecular weight is 253 g/mol. The maximum Gasteiger partial charge on any atom is 0.169 e. The number of halogens is 1. The first-order valence-corrected chi connectivity index (χ1v) is 5.67. The Morgan fingerprint density at radius 2 is 2.06 bits per heavy atom. The Kier molecular flexibility index (Phi) is 3.58. The smallest absolute Gasteiger partial charge is 0.169 e. The molecule has 0 radical (unpaired) electrons. The molecule has 1 atom stereocenters. The summed E-state index contributed by atoms with van der Waals surface area (Å²) >= 11 is 5.98. The number of aromatic nitrogens is 4. The van der Waals surface area contributed by atoms with Crippen LogP contribution in [-0.2, 0) is 6.54 Å². The van der Waals surface area contributed by atoms with Gasteiger partial charge in [-0.2, -0.15) is 0 Å². The van der Waals surface area contributed by atoms with Gasteiger partial charge in [0.1, 0.15) is 5.75 Å². The highest BCUT2D eigenvalue weighted by Gasteiger charge is 2.11. The van der Waals surface area contributed by atoms with E-state index in [1.165, 1.54) is 0 Å². The number of methoxy groups -OCH3 is 1. The van der Waals surface area contributed by atoms with Crippen LogP contribution < -0.4 is 4.74 Å². The predicted molar refractivity (Wildman–Crippen MR) is 64.2 cm³/mol. The molecule has 1 aromatic heterocycles. The van der Waals surface area contributed by atoms with Crippen LogP contribution >= 0.6 is 11.6 Å². The largest absolute Gasteiger partial charge is 0.497 e. The maximum atomic E-state index is 5.98.